The van der Waals surface area contributed by atoms with Gasteiger partial charge < -0.3 is 4.74 Å². The molecule has 0 atom stereocenters. The van der Waals surface area contributed by atoms with E-state index in [1.54, 1.807) is 36.4 Å². The van der Waals surface area contributed by atoms with Crippen LogP contribution in [0.25, 0.3) is 5.57 Å². The zero-order chi connectivity index (χ0) is 21.8. The van der Waals surface area contributed by atoms with Crippen molar-refractivity contribution in [2.24, 2.45) is 0 Å². The predicted molar refractivity (Wildman–Crippen MR) is 125 cm³/mol. The van der Waals surface area contributed by atoms with E-state index in [2.05, 4.69) is 0 Å². The molecule has 0 unspecified atom stereocenters. The van der Waals surface area contributed by atoms with E-state index in [0.29, 0.717) is 33.4 Å². The third-order valence-electron chi connectivity index (χ3n) is 4.71. The number of rotatable bonds is 7. The number of ether oxygens (including phenoxy) is 1. The Morgan fingerprint density at radius 2 is 1.55 bits per heavy atom. The van der Waals surface area contributed by atoms with E-state index < -0.39 is 0 Å². The van der Waals surface area contributed by atoms with Crippen LogP contribution in [0.5, 0.6) is 5.75 Å². The Balaban J connectivity index is 1.75. The van der Waals surface area contributed by atoms with Gasteiger partial charge in [0.25, 0.3) is 11.8 Å². The number of carbonyl (C=O) groups excluding carboxylic acids is 2. The molecule has 0 aliphatic carbocycles. The lowest BCUT2D eigenvalue weighted by Gasteiger charge is -2.15. The van der Waals surface area contributed by atoms with Gasteiger partial charge in [-0.05, 0) is 60.5 Å². The highest BCUT2D eigenvalue weighted by atomic mass is 35.5. The molecule has 0 N–H and O–H groups in total. The van der Waals surface area contributed by atoms with Crippen molar-refractivity contribution in [3.05, 3.63) is 94.4 Å². The quantitative estimate of drug-likeness (QED) is 0.402. The van der Waals surface area contributed by atoms with Crippen LogP contribution in [-0.2, 0) is 9.59 Å². The lowest BCUT2D eigenvalue weighted by molar-refractivity contribution is -0.119. The number of anilines is 1. The van der Waals surface area contributed by atoms with Crippen molar-refractivity contribution in [1.82, 2.24) is 0 Å². The maximum Gasteiger partial charge on any atom is 0.272 e. The molecule has 0 radical (unpaired) electrons. The summed E-state index contributed by atoms with van der Waals surface area (Å²) < 4.78 is 5.65. The van der Waals surface area contributed by atoms with Gasteiger partial charge in [-0.2, -0.15) is 0 Å². The third-order valence-corrected chi connectivity index (χ3v) is 6.05. The van der Waals surface area contributed by atoms with Gasteiger partial charge in [-0.1, -0.05) is 60.6 Å². The number of hydrogen-bond acceptors (Lipinski definition) is 4. The van der Waals surface area contributed by atoms with Gasteiger partial charge in [-0.3, -0.25) is 9.59 Å². The zero-order valence-corrected chi connectivity index (χ0v) is 18.5. The topological polar surface area (TPSA) is 46.6 Å². The van der Waals surface area contributed by atoms with Crippen LogP contribution in [0.3, 0.4) is 0 Å². The average molecular weight is 450 g/mol. The Hall–Kier alpha value is -3.02. The molecule has 2 amide bonds. The number of nitrogens with zero attached hydrogens (tertiary/aromatic N) is 1. The molecule has 0 fully saturated rings. The minimum absolute atomic E-state index is 0.336. The first-order valence-electron chi connectivity index (χ1n) is 9.93. The second-order valence-electron chi connectivity index (χ2n) is 6.91. The Morgan fingerprint density at radius 3 is 2.19 bits per heavy atom. The third kappa shape index (κ3) is 4.53. The smallest absolute Gasteiger partial charge is 0.272 e. The summed E-state index contributed by atoms with van der Waals surface area (Å²) in [5.41, 5.74) is 1.61. The summed E-state index contributed by atoms with van der Waals surface area (Å²) in [4.78, 5) is 29.2. The lowest BCUT2D eigenvalue weighted by atomic mass is 10.1. The molecule has 0 saturated heterocycles. The largest absolute Gasteiger partial charge is 0.494 e. The second kappa shape index (κ2) is 9.41. The average Bonchev–Trinajstić information content (AvgIpc) is 3.04. The van der Waals surface area contributed by atoms with Gasteiger partial charge in [0.2, 0.25) is 0 Å². The number of halogens is 1. The van der Waals surface area contributed by atoms with Crippen molar-refractivity contribution >= 4 is 46.4 Å². The first kappa shape index (κ1) is 21.2. The molecule has 3 aromatic carbocycles. The number of benzene rings is 3. The van der Waals surface area contributed by atoms with Gasteiger partial charge in [0.05, 0.1) is 22.8 Å². The van der Waals surface area contributed by atoms with Crippen LogP contribution >= 0.6 is 23.4 Å². The van der Waals surface area contributed by atoms with Crippen LogP contribution in [0.4, 0.5) is 5.69 Å². The highest BCUT2D eigenvalue weighted by Gasteiger charge is 2.40. The molecule has 0 spiro atoms. The molecule has 0 aromatic heterocycles. The van der Waals surface area contributed by atoms with Crippen molar-refractivity contribution in [3.8, 4) is 5.75 Å². The molecule has 4 nitrogen and oxygen atoms in total. The minimum atomic E-state index is -0.338. The lowest BCUT2D eigenvalue weighted by Crippen LogP contribution is -2.31. The van der Waals surface area contributed by atoms with Gasteiger partial charge in [0.1, 0.15) is 5.75 Å². The molecule has 0 bridgehead atoms. The summed E-state index contributed by atoms with van der Waals surface area (Å²) in [7, 11) is 0. The van der Waals surface area contributed by atoms with Gasteiger partial charge >= 0.3 is 0 Å². The van der Waals surface area contributed by atoms with Crippen LogP contribution in [-0.4, -0.2) is 18.4 Å². The molecule has 1 aliphatic rings. The number of hydrogen-bond donors (Lipinski definition) is 0. The fraction of sp³-hybridized carbons (Fsp3) is 0.120. The number of carbonyl (C=O) groups is 2. The van der Waals surface area contributed by atoms with E-state index in [0.717, 1.165) is 17.1 Å². The number of imide groups is 1. The van der Waals surface area contributed by atoms with Gasteiger partial charge in [-0.25, -0.2) is 4.90 Å². The summed E-state index contributed by atoms with van der Waals surface area (Å²) in [5, 5.41) is 0.612. The van der Waals surface area contributed by atoms with Crippen molar-refractivity contribution in [2.75, 3.05) is 11.5 Å². The highest BCUT2D eigenvalue weighted by Crippen LogP contribution is 2.41. The van der Waals surface area contributed by atoms with Crippen LogP contribution < -0.4 is 9.64 Å². The Labute approximate surface area is 190 Å². The van der Waals surface area contributed by atoms with E-state index in [9.17, 15) is 9.59 Å². The molecular formula is C25H20ClNO3S. The second-order valence-corrected chi connectivity index (χ2v) is 8.43. The molecule has 31 heavy (non-hydrogen) atoms. The summed E-state index contributed by atoms with van der Waals surface area (Å²) in [6.07, 6.45) is 0.911. The summed E-state index contributed by atoms with van der Waals surface area (Å²) in [6, 6.07) is 23.5. The Morgan fingerprint density at radius 1 is 0.871 bits per heavy atom. The standard InChI is InChI=1S/C25H20ClNO3S/c1-2-16-30-20-12-8-17(9-13-20)22-23(31-21-14-10-18(26)11-15-21)25(29)27(24(22)28)19-6-4-3-5-7-19/h3-15H,2,16H2,1H3. The fourth-order valence-electron chi connectivity index (χ4n) is 3.23. The number of amides is 2. The van der Waals surface area contributed by atoms with E-state index in [1.165, 1.54) is 16.7 Å². The summed E-state index contributed by atoms with van der Waals surface area (Å²) >= 11 is 7.27. The van der Waals surface area contributed by atoms with Gasteiger partial charge in [0, 0.05) is 9.92 Å². The SMILES string of the molecule is CCCOc1ccc(C2=C(Sc3ccc(Cl)cc3)C(=O)N(c3ccccc3)C2=O)cc1. The van der Waals surface area contributed by atoms with Crippen LogP contribution in [0.2, 0.25) is 5.02 Å². The van der Waals surface area contributed by atoms with Crippen LogP contribution in [0.1, 0.15) is 18.9 Å². The molecule has 6 heteroatoms. The molecular weight excluding hydrogens is 430 g/mol. The van der Waals surface area contributed by atoms with E-state index in [1.807, 2.05) is 49.4 Å². The van der Waals surface area contributed by atoms with Gasteiger partial charge in [0.15, 0.2) is 0 Å². The van der Waals surface area contributed by atoms with Crippen molar-refractivity contribution in [2.45, 2.75) is 18.2 Å². The molecule has 0 saturated carbocycles. The Kier molecular flexibility index (Phi) is 6.44. The fourth-order valence-corrected chi connectivity index (χ4v) is 4.35. The first-order valence-corrected chi connectivity index (χ1v) is 11.1. The maximum absolute atomic E-state index is 13.4. The predicted octanol–water partition coefficient (Wildman–Crippen LogP) is 6.21. The van der Waals surface area contributed by atoms with E-state index in [-0.39, 0.29) is 11.8 Å². The van der Waals surface area contributed by atoms with Crippen molar-refractivity contribution < 1.29 is 14.3 Å². The van der Waals surface area contributed by atoms with Crippen LogP contribution in [0, 0.1) is 0 Å². The molecule has 1 heterocycles. The first-order chi connectivity index (χ1) is 15.1. The number of thioether (sulfide) groups is 1. The van der Waals surface area contributed by atoms with Crippen molar-refractivity contribution in [3.63, 3.8) is 0 Å². The molecule has 156 valence electrons. The maximum atomic E-state index is 13.4. The molecule has 1 aliphatic heterocycles. The van der Waals surface area contributed by atoms with Crippen LogP contribution in [0.15, 0.2) is 88.7 Å². The summed E-state index contributed by atoms with van der Waals surface area (Å²) in [5.74, 6) is 0.0575. The van der Waals surface area contributed by atoms with Crippen molar-refractivity contribution in [1.29, 1.82) is 0 Å². The van der Waals surface area contributed by atoms with Gasteiger partial charge in [-0.15, -0.1) is 0 Å². The normalized spacial score (nSPS) is 13.8. The minimum Gasteiger partial charge on any atom is -0.494 e. The van der Waals surface area contributed by atoms with E-state index >= 15 is 0 Å². The molecule has 3 aromatic rings. The Bertz CT molecular complexity index is 1130. The highest BCUT2D eigenvalue weighted by molar-refractivity contribution is 8.04. The monoisotopic (exact) mass is 449 g/mol. The summed E-state index contributed by atoms with van der Waals surface area (Å²) in [6.45, 7) is 2.67. The molecule has 4 rings (SSSR count). The van der Waals surface area contributed by atoms with E-state index in [4.69, 9.17) is 16.3 Å². The number of para-hydroxylation sites is 1. The zero-order valence-electron chi connectivity index (χ0n) is 16.9.